The first-order chi connectivity index (χ1) is 6.86. The molecule has 0 N–H and O–H groups in total. The quantitative estimate of drug-likeness (QED) is 0.687. The molecule has 3 heteroatoms. The number of ether oxygens (including phenoxy) is 3. The Morgan fingerprint density at radius 2 is 2.36 bits per heavy atom. The topological polar surface area (TPSA) is 27.7 Å². The van der Waals surface area contributed by atoms with Crippen LogP contribution in [0.2, 0.25) is 0 Å². The summed E-state index contributed by atoms with van der Waals surface area (Å²) in [6.07, 6.45) is 2.60. The van der Waals surface area contributed by atoms with Crippen molar-refractivity contribution < 1.29 is 14.2 Å². The van der Waals surface area contributed by atoms with Crippen molar-refractivity contribution in [3.8, 4) is 17.2 Å². The van der Waals surface area contributed by atoms with Crippen LogP contribution in [0.4, 0.5) is 0 Å². The molecule has 1 heterocycles. The molecule has 74 valence electrons. The minimum Gasteiger partial charge on any atom is -0.492 e. The van der Waals surface area contributed by atoms with Crippen molar-refractivity contribution in [2.45, 2.75) is 6.42 Å². The summed E-state index contributed by atoms with van der Waals surface area (Å²) in [4.78, 5) is 0. The van der Waals surface area contributed by atoms with Gasteiger partial charge in [-0.1, -0.05) is 12.1 Å². The van der Waals surface area contributed by atoms with Crippen LogP contribution in [-0.4, -0.2) is 13.9 Å². The van der Waals surface area contributed by atoms with E-state index in [0.717, 1.165) is 23.5 Å². The molecule has 0 bridgehead atoms. The van der Waals surface area contributed by atoms with Gasteiger partial charge in [-0.15, -0.1) is 6.58 Å². The molecular formula is C11H12O3. The van der Waals surface area contributed by atoms with Gasteiger partial charge in [-0.3, -0.25) is 0 Å². The van der Waals surface area contributed by atoms with Gasteiger partial charge in [-0.25, -0.2) is 0 Å². The molecule has 1 aliphatic rings. The molecule has 0 unspecified atom stereocenters. The lowest BCUT2D eigenvalue weighted by Crippen LogP contribution is -1.95. The zero-order valence-electron chi connectivity index (χ0n) is 8.08. The van der Waals surface area contributed by atoms with Crippen molar-refractivity contribution in [3.05, 3.63) is 30.4 Å². The summed E-state index contributed by atoms with van der Waals surface area (Å²) in [6, 6.07) is 3.86. The third-order valence-corrected chi connectivity index (χ3v) is 2.14. The number of hydrogen-bond acceptors (Lipinski definition) is 3. The van der Waals surface area contributed by atoms with Crippen molar-refractivity contribution in [1.82, 2.24) is 0 Å². The molecule has 0 amide bonds. The maximum absolute atomic E-state index is 5.33. The lowest BCUT2D eigenvalue weighted by atomic mass is 10.1. The molecule has 0 radical (unpaired) electrons. The zero-order valence-corrected chi connectivity index (χ0v) is 8.08. The number of benzene rings is 1. The van der Waals surface area contributed by atoms with E-state index in [1.165, 1.54) is 0 Å². The Hall–Kier alpha value is -1.64. The molecular weight excluding hydrogens is 180 g/mol. The normalized spacial score (nSPS) is 12.6. The lowest BCUT2D eigenvalue weighted by molar-refractivity contribution is 0.171. The first-order valence-electron chi connectivity index (χ1n) is 4.43. The van der Waals surface area contributed by atoms with E-state index < -0.39 is 0 Å². The van der Waals surface area contributed by atoms with Crippen LogP contribution in [-0.2, 0) is 6.42 Å². The van der Waals surface area contributed by atoms with Gasteiger partial charge in [0.2, 0.25) is 12.5 Å². The van der Waals surface area contributed by atoms with Crippen LogP contribution in [0, 0.1) is 0 Å². The first-order valence-corrected chi connectivity index (χ1v) is 4.43. The third-order valence-electron chi connectivity index (χ3n) is 2.14. The molecule has 0 fully saturated rings. The number of hydrogen-bond donors (Lipinski definition) is 0. The summed E-state index contributed by atoms with van der Waals surface area (Å²) in [7, 11) is 1.63. The van der Waals surface area contributed by atoms with E-state index in [-0.39, 0.29) is 6.79 Å². The van der Waals surface area contributed by atoms with Gasteiger partial charge in [-0.05, 0) is 12.5 Å². The molecule has 0 saturated heterocycles. The van der Waals surface area contributed by atoms with Gasteiger partial charge < -0.3 is 14.2 Å². The van der Waals surface area contributed by atoms with Gasteiger partial charge in [-0.2, -0.15) is 0 Å². The van der Waals surface area contributed by atoms with Crippen LogP contribution < -0.4 is 14.2 Å². The highest BCUT2D eigenvalue weighted by molar-refractivity contribution is 5.57. The van der Waals surface area contributed by atoms with Gasteiger partial charge >= 0.3 is 0 Å². The van der Waals surface area contributed by atoms with Crippen LogP contribution in [0.3, 0.4) is 0 Å². The van der Waals surface area contributed by atoms with Gasteiger partial charge in [0.15, 0.2) is 11.5 Å². The second-order valence-corrected chi connectivity index (χ2v) is 2.98. The largest absolute Gasteiger partial charge is 0.492 e. The van der Waals surface area contributed by atoms with Crippen LogP contribution in [0.1, 0.15) is 5.56 Å². The number of methoxy groups -OCH3 is 1. The summed E-state index contributed by atoms with van der Waals surface area (Å²) in [6.45, 7) is 3.96. The fraction of sp³-hybridized carbons (Fsp3) is 0.273. The van der Waals surface area contributed by atoms with E-state index in [0.29, 0.717) is 5.75 Å². The standard InChI is InChI=1S/C11H12O3/c1-3-4-8-5-6-9-11(10(8)12-2)14-7-13-9/h3,5-6H,1,4,7H2,2H3. The molecule has 0 spiro atoms. The molecule has 14 heavy (non-hydrogen) atoms. The summed E-state index contributed by atoms with van der Waals surface area (Å²) in [5, 5.41) is 0. The zero-order chi connectivity index (χ0) is 9.97. The predicted molar refractivity (Wildman–Crippen MR) is 53.0 cm³/mol. The Balaban J connectivity index is 2.47. The Morgan fingerprint density at radius 3 is 3.07 bits per heavy atom. The Morgan fingerprint density at radius 1 is 1.50 bits per heavy atom. The lowest BCUT2D eigenvalue weighted by Gasteiger charge is -2.09. The highest BCUT2D eigenvalue weighted by Gasteiger charge is 2.20. The first kappa shape index (κ1) is 8.94. The molecule has 3 nitrogen and oxygen atoms in total. The molecule has 1 aromatic carbocycles. The summed E-state index contributed by atoms with van der Waals surface area (Å²) >= 11 is 0. The van der Waals surface area contributed by atoms with Gasteiger partial charge in [0.1, 0.15) is 0 Å². The fourth-order valence-electron chi connectivity index (χ4n) is 1.53. The van der Waals surface area contributed by atoms with E-state index in [9.17, 15) is 0 Å². The minimum atomic E-state index is 0.267. The van der Waals surface area contributed by atoms with Crippen molar-refractivity contribution in [3.63, 3.8) is 0 Å². The molecule has 0 aliphatic carbocycles. The highest BCUT2D eigenvalue weighted by atomic mass is 16.7. The second-order valence-electron chi connectivity index (χ2n) is 2.98. The smallest absolute Gasteiger partial charge is 0.231 e. The summed E-state index contributed by atoms with van der Waals surface area (Å²) in [5.74, 6) is 2.20. The number of allylic oxidation sites excluding steroid dienone is 1. The predicted octanol–water partition coefficient (Wildman–Crippen LogP) is 2.15. The molecule has 2 rings (SSSR count). The van der Waals surface area contributed by atoms with Crippen molar-refractivity contribution in [2.75, 3.05) is 13.9 Å². The van der Waals surface area contributed by atoms with E-state index >= 15 is 0 Å². The van der Waals surface area contributed by atoms with Crippen LogP contribution in [0.25, 0.3) is 0 Å². The maximum atomic E-state index is 5.33. The van der Waals surface area contributed by atoms with Crippen LogP contribution >= 0.6 is 0 Å². The fourth-order valence-corrected chi connectivity index (χ4v) is 1.53. The van der Waals surface area contributed by atoms with Crippen LogP contribution in [0.5, 0.6) is 17.2 Å². The van der Waals surface area contributed by atoms with Crippen molar-refractivity contribution >= 4 is 0 Å². The minimum absolute atomic E-state index is 0.267. The maximum Gasteiger partial charge on any atom is 0.231 e. The monoisotopic (exact) mass is 192 g/mol. The number of rotatable bonds is 3. The van der Waals surface area contributed by atoms with E-state index in [1.54, 1.807) is 7.11 Å². The van der Waals surface area contributed by atoms with Gasteiger partial charge in [0, 0.05) is 5.56 Å². The van der Waals surface area contributed by atoms with Crippen molar-refractivity contribution in [2.24, 2.45) is 0 Å². The number of fused-ring (bicyclic) bond motifs is 1. The summed E-state index contributed by atoms with van der Waals surface area (Å²) < 4.78 is 15.9. The van der Waals surface area contributed by atoms with E-state index in [4.69, 9.17) is 14.2 Å². The SMILES string of the molecule is C=CCc1ccc2c(c1OC)OCO2. The molecule has 0 saturated carbocycles. The third kappa shape index (κ3) is 1.31. The van der Waals surface area contributed by atoms with Crippen LogP contribution in [0.15, 0.2) is 24.8 Å². The van der Waals surface area contributed by atoms with E-state index in [1.807, 2.05) is 18.2 Å². The molecule has 0 atom stereocenters. The molecule has 0 aromatic heterocycles. The molecule has 1 aromatic rings. The van der Waals surface area contributed by atoms with Gasteiger partial charge in [0.05, 0.1) is 7.11 Å². The Kier molecular flexibility index (Phi) is 2.31. The Bertz CT molecular complexity index is 358. The second kappa shape index (κ2) is 3.62. The van der Waals surface area contributed by atoms with Gasteiger partial charge in [0.25, 0.3) is 0 Å². The van der Waals surface area contributed by atoms with E-state index in [2.05, 4.69) is 6.58 Å². The Labute approximate surface area is 82.9 Å². The molecule has 1 aliphatic heterocycles. The highest BCUT2D eigenvalue weighted by Crippen LogP contribution is 2.43. The van der Waals surface area contributed by atoms with Crippen molar-refractivity contribution in [1.29, 1.82) is 0 Å². The summed E-state index contributed by atoms with van der Waals surface area (Å²) in [5.41, 5.74) is 1.06. The average molecular weight is 192 g/mol. The average Bonchev–Trinajstić information content (AvgIpc) is 2.66.